The minimum atomic E-state index is -0.217. The molecule has 0 amide bonds. The Kier molecular flexibility index (Phi) is 4.41. The molecule has 0 spiro atoms. The molecular formula is C18H19BrFN. The van der Waals surface area contributed by atoms with Gasteiger partial charge in [0.1, 0.15) is 5.82 Å². The molecule has 2 atom stereocenters. The minimum Gasteiger partial charge on any atom is -0.327 e. The van der Waals surface area contributed by atoms with Crippen LogP contribution >= 0.6 is 15.9 Å². The van der Waals surface area contributed by atoms with Crippen LogP contribution in [0.15, 0.2) is 46.9 Å². The molecule has 2 unspecified atom stereocenters. The van der Waals surface area contributed by atoms with E-state index in [0.717, 1.165) is 35.7 Å². The third-order valence-electron chi connectivity index (χ3n) is 4.46. The summed E-state index contributed by atoms with van der Waals surface area (Å²) in [5, 5.41) is 0. The predicted molar refractivity (Wildman–Crippen MR) is 87.7 cm³/mol. The van der Waals surface area contributed by atoms with Crippen LogP contribution in [0.3, 0.4) is 0 Å². The van der Waals surface area contributed by atoms with Crippen LogP contribution < -0.4 is 5.73 Å². The van der Waals surface area contributed by atoms with Gasteiger partial charge in [0.05, 0.1) is 0 Å². The van der Waals surface area contributed by atoms with Crippen molar-refractivity contribution in [3.05, 3.63) is 69.4 Å². The van der Waals surface area contributed by atoms with Gasteiger partial charge in [-0.1, -0.05) is 46.3 Å². The van der Waals surface area contributed by atoms with Crippen LogP contribution in [0.25, 0.3) is 0 Å². The summed E-state index contributed by atoms with van der Waals surface area (Å²) < 4.78 is 14.0. The van der Waals surface area contributed by atoms with Gasteiger partial charge in [0.15, 0.2) is 0 Å². The van der Waals surface area contributed by atoms with E-state index in [2.05, 4.69) is 40.2 Å². The number of aryl methyl sites for hydroxylation is 1. The van der Waals surface area contributed by atoms with Crippen LogP contribution in [-0.2, 0) is 19.3 Å². The van der Waals surface area contributed by atoms with E-state index >= 15 is 0 Å². The van der Waals surface area contributed by atoms with E-state index in [9.17, 15) is 4.39 Å². The van der Waals surface area contributed by atoms with Crippen molar-refractivity contribution in [2.45, 2.75) is 31.7 Å². The summed E-state index contributed by atoms with van der Waals surface area (Å²) in [4.78, 5) is 0. The predicted octanol–water partition coefficient (Wildman–Crippen LogP) is 4.26. The first kappa shape index (κ1) is 14.7. The molecule has 2 N–H and O–H groups in total. The number of fused-ring (bicyclic) bond motifs is 1. The number of benzene rings is 2. The van der Waals surface area contributed by atoms with Gasteiger partial charge in [0.25, 0.3) is 0 Å². The Bertz CT molecular complexity index is 641. The maximum Gasteiger partial charge on any atom is 0.124 e. The molecule has 0 bridgehead atoms. The molecule has 2 aromatic carbocycles. The maximum absolute atomic E-state index is 13.1. The maximum atomic E-state index is 13.1. The molecule has 2 aromatic rings. The molecule has 1 aliphatic carbocycles. The van der Waals surface area contributed by atoms with Crippen LogP contribution in [0.4, 0.5) is 4.39 Å². The van der Waals surface area contributed by atoms with Gasteiger partial charge >= 0.3 is 0 Å². The second kappa shape index (κ2) is 6.29. The van der Waals surface area contributed by atoms with Crippen LogP contribution in [0.2, 0.25) is 0 Å². The Hall–Kier alpha value is -1.19. The van der Waals surface area contributed by atoms with Crippen LogP contribution in [0.5, 0.6) is 0 Å². The van der Waals surface area contributed by atoms with Crippen molar-refractivity contribution >= 4 is 15.9 Å². The standard InChI is InChI=1S/C18H19BrFN/c19-17-11-16(20)8-7-14(17)10-18(21)15-6-5-12-3-1-2-4-13(12)9-15/h1-4,7-8,11,15,18H,5-6,9-10,21H2. The quantitative estimate of drug-likeness (QED) is 0.881. The molecule has 110 valence electrons. The molecule has 1 aliphatic rings. The van der Waals surface area contributed by atoms with Gasteiger partial charge in [-0.05, 0) is 60.4 Å². The van der Waals surface area contributed by atoms with Crippen LogP contribution in [0.1, 0.15) is 23.1 Å². The minimum absolute atomic E-state index is 0.111. The van der Waals surface area contributed by atoms with Crippen LogP contribution in [0, 0.1) is 11.7 Å². The molecule has 21 heavy (non-hydrogen) atoms. The molecule has 3 rings (SSSR count). The molecular weight excluding hydrogens is 329 g/mol. The Labute approximate surface area is 133 Å². The number of hydrogen-bond acceptors (Lipinski definition) is 1. The van der Waals surface area contributed by atoms with Gasteiger partial charge in [-0.25, -0.2) is 4.39 Å². The average Bonchev–Trinajstić information content (AvgIpc) is 2.49. The molecule has 0 aliphatic heterocycles. The van der Waals surface area contributed by atoms with Gasteiger partial charge in [-0.2, -0.15) is 0 Å². The van der Waals surface area contributed by atoms with E-state index in [-0.39, 0.29) is 11.9 Å². The fourth-order valence-corrected chi connectivity index (χ4v) is 3.71. The zero-order valence-electron chi connectivity index (χ0n) is 11.9. The normalized spacial score (nSPS) is 19.1. The first-order chi connectivity index (χ1) is 10.1. The van der Waals surface area contributed by atoms with Crippen molar-refractivity contribution in [1.29, 1.82) is 0 Å². The van der Waals surface area contributed by atoms with Crippen molar-refractivity contribution in [2.75, 3.05) is 0 Å². The summed E-state index contributed by atoms with van der Waals surface area (Å²) in [6.07, 6.45) is 4.08. The second-order valence-corrected chi connectivity index (χ2v) is 6.73. The van der Waals surface area contributed by atoms with Gasteiger partial charge in [-0.15, -0.1) is 0 Å². The monoisotopic (exact) mass is 347 g/mol. The highest BCUT2D eigenvalue weighted by Gasteiger charge is 2.24. The van der Waals surface area contributed by atoms with E-state index in [1.165, 1.54) is 23.3 Å². The third-order valence-corrected chi connectivity index (χ3v) is 5.20. The van der Waals surface area contributed by atoms with Crippen molar-refractivity contribution in [2.24, 2.45) is 11.7 Å². The van der Waals surface area contributed by atoms with Crippen molar-refractivity contribution in [3.63, 3.8) is 0 Å². The highest BCUT2D eigenvalue weighted by atomic mass is 79.9. The molecule has 3 heteroatoms. The lowest BCUT2D eigenvalue weighted by molar-refractivity contribution is 0.372. The lowest BCUT2D eigenvalue weighted by Crippen LogP contribution is -2.36. The fraction of sp³-hybridized carbons (Fsp3) is 0.333. The second-order valence-electron chi connectivity index (χ2n) is 5.88. The number of halogens is 2. The summed E-state index contributed by atoms with van der Waals surface area (Å²) in [5.74, 6) is 0.280. The first-order valence-electron chi connectivity index (χ1n) is 7.40. The highest BCUT2D eigenvalue weighted by molar-refractivity contribution is 9.10. The SMILES string of the molecule is NC(Cc1ccc(F)cc1Br)C1CCc2ccccc2C1. The van der Waals surface area contributed by atoms with E-state index in [1.54, 1.807) is 0 Å². The summed E-state index contributed by atoms with van der Waals surface area (Å²) in [7, 11) is 0. The molecule has 0 saturated heterocycles. The van der Waals surface area contributed by atoms with Crippen molar-refractivity contribution in [1.82, 2.24) is 0 Å². The van der Waals surface area contributed by atoms with Crippen molar-refractivity contribution in [3.8, 4) is 0 Å². The Balaban J connectivity index is 1.70. The number of rotatable bonds is 3. The average molecular weight is 348 g/mol. The van der Waals surface area contributed by atoms with Gasteiger partial charge in [0.2, 0.25) is 0 Å². The lowest BCUT2D eigenvalue weighted by atomic mass is 9.79. The Morgan fingerprint density at radius 1 is 1.19 bits per heavy atom. The van der Waals surface area contributed by atoms with Gasteiger partial charge in [0, 0.05) is 10.5 Å². The Morgan fingerprint density at radius 3 is 2.71 bits per heavy atom. The Morgan fingerprint density at radius 2 is 1.95 bits per heavy atom. The number of nitrogens with two attached hydrogens (primary N) is 1. The highest BCUT2D eigenvalue weighted by Crippen LogP contribution is 2.29. The molecule has 0 heterocycles. The molecule has 0 saturated carbocycles. The topological polar surface area (TPSA) is 26.0 Å². The fourth-order valence-electron chi connectivity index (χ4n) is 3.20. The zero-order chi connectivity index (χ0) is 14.8. The lowest BCUT2D eigenvalue weighted by Gasteiger charge is -2.29. The van der Waals surface area contributed by atoms with Gasteiger partial charge < -0.3 is 5.73 Å². The zero-order valence-corrected chi connectivity index (χ0v) is 13.4. The first-order valence-corrected chi connectivity index (χ1v) is 8.19. The summed E-state index contributed by atoms with van der Waals surface area (Å²) in [6, 6.07) is 13.6. The number of hydrogen-bond donors (Lipinski definition) is 1. The van der Waals surface area contributed by atoms with E-state index < -0.39 is 0 Å². The molecule has 0 fully saturated rings. The van der Waals surface area contributed by atoms with E-state index in [1.807, 2.05) is 6.07 Å². The molecule has 0 radical (unpaired) electrons. The van der Waals surface area contributed by atoms with Crippen molar-refractivity contribution < 1.29 is 4.39 Å². The van der Waals surface area contributed by atoms with E-state index in [0.29, 0.717) is 5.92 Å². The molecule has 1 nitrogen and oxygen atoms in total. The largest absolute Gasteiger partial charge is 0.327 e. The van der Waals surface area contributed by atoms with Crippen LogP contribution in [-0.4, -0.2) is 6.04 Å². The molecule has 0 aromatic heterocycles. The van der Waals surface area contributed by atoms with Gasteiger partial charge in [-0.3, -0.25) is 0 Å². The third kappa shape index (κ3) is 3.35. The summed E-state index contributed by atoms with van der Waals surface area (Å²) in [5.41, 5.74) is 10.4. The summed E-state index contributed by atoms with van der Waals surface area (Å²) >= 11 is 3.43. The summed E-state index contributed by atoms with van der Waals surface area (Å²) in [6.45, 7) is 0. The van der Waals surface area contributed by atoms with E-state index in [4.69, 9.17) is 5.73 Å². The smallest absolute Gasteiger partial charge is 0.124 e.